The second-order valence-electron chi connectivity index (χ2n) is 3.41. The van der Waals surface area contributed by atoms with E-state index < -0.39 is 11.9 Å². The van der Waals surface area contributed by atoms with Gasteiger partial charge in [-0.1, -0.05) is 26.2 Å². The van der Waals surface area contributed by atoms with Gasteiger partial charge in [-0.05, 0) is 6.42 Å². The molecule has 0 saturated carbocycles. The minimum atomic E-state index is -1.26. The van der Waals surface area contributed by atoms with E-state index >= 15 is 0 Å². The van der Waals surface area contributed by atoms with Crippen LogP contribution in [0.5, 0.6) is 0 Å². The Kier molecular flexibility index (Phi) is 16.4. The number of unbranched alkanes of at least 4 members (excludes halogenated alkanes) is 3. The van der Waals surface area contributed by atoms with Crippen molar-refractivity contribution >= 4 is 11.9 Å². The Hall–Kier alpha value is -1.40. The second kappa shape index (κ2) is 15.6. The van der Waals surface area contributed by atoms with Crippen molar-refractivity contribution in [3.05, 3.63) is 12.2 Å². The van der Waals surface area contributed by atoms with Crippen LogP contribution in [0.3, 0.4) is 0 Å². The number of carboxylic acid groups (broad SMARTS) is 2. The lowest BCUT2D eigenvalue weighted by molar-refractivity contribution is -0.134. The van der Waals surface area contributed by atoms with Crippen molar-refractivity contribution in [2.75, 3.05) is 19.8 Å². The van der Waals surface area contributed by atoms with Gasteiger partial charge in [0.05, 0.1) is 13.2 Å². The molecule has 0 saturated heterocycles. The van der Waals surface area contributed by atoms with Crippen LogP contribution in [-0.2, 0) is 14.3 Å². The van der Waals surface area contributed by atoms with Crippen LogP contribution in [0.15, 0.2) is 12.2 Å². The predicted molar refractivity (Wildman–Crippen MR) is 66.5 cm³/mol. The third-order valence-electron chi connectivity index (χ3n) is 1.75. The van der Waals surface area contributed by atoms with Crippen LogP contribution in [0, 0.1) is 0 Å². The average molecular weight is 262 g/mol. The number of carbonyl (C=O) groups is 2. The highest BCUT2D eigenvalue weighted by atomic mass is 16.5. The zero-order valence-electron chi connectivity index (χ0n) is 10.7. The Bertz CT molecular complexity index is 213. The summed E-state index contributed by atoms with van der Waals surface area (Å²) < 4.78 is 5.08. The monoisotopic (exact) mass is 262 g/mol. The van der Waals surface area contributed by atoms with Crippen LogP contribution in [-0.4, -0.2) is 47.1 Å². The molecule has 0 aromatic rings. The van der Waals surface area contributed by atoms with Gasteiger partial charge >= 0.3 is 11.9 Å². The molecule has 0 aromatic heterocycles. The van der Waals surface area contributed by atoms with Crippen molar-refractivity contribution < 1.29 is 29.6 Å². The number of carboxylic acids is 2. The van der Waals surface area contributed by atoms with Crippen molar-refractivity contribution in [1.29, 1.82) is 0 Å². The van der Waals surface area contributed by atoms with Crippen LogP contribution in [0.4, 0.5) is 0 Å². The summed E-state index contributed by atoms with van der Waals surface area (Å²) in [6, 6.07) is 0. The Labute approximate surface area is 107 Å². The fourth-order valence-electron chi connectivity index (χ4n) is 0.940. The maximum absolute atomic E-state index is 9.55. The largest absolute Gasteiger partial charge is 0.478 e. The molecule has 6 heteroatoms. The zero-order valence-corrected chi connectivity index (χ0v) is 10.7. The number of aliphatic carboxylic acids is 2. The normalized spacial score (nSPS) is 9.89. The summed E-state index contributed by atoms with van der Waals surface area (Å²) in [6.07, 6.45) is 6.06. The van der Waals surface area contributed by atoms with Gasteiger partial charge in [0.25, 0.3) is 0 Å². The molecule has 0 spiro atoms. The molecule has 0 atom stereocenters. The lowest BCUT2D eigenvalue weighted by atomic mass is 10.2. The SMILES string of the molecule is CCCCCCOCCO.O=C(O)/C=C/C(=O)O. The molecule has 0 amide bonds. The highest BCUT2D eigenvalue weighted by molar-refractivity contribution is 5.89. The number of hydrogen-bond donors (Lipinski definition) is 3. The summed E-state index contributed by atoms with van der Waals surface area (Å²) in [5, 5.41) is 24.0. The van der Waals surface area contributed by atoms with E-state index in [9.17, 15) is 9.59 Å². The van der Waals surface area contributed by atoms with Gasteiger partial charge in [-0.2, -0.15) is 0 Å². The molecule has 106 valence electrons. The highest BCUT2D eigenvalue weighted by Gasteiger charge is 1.88. The van der Waals surface area contributed by atoms with Gasteiger partial charge in [0.1, 0.15) is 0 Å². The maximum Gasteiger partial charge on any atom is 0.328 e. The van der Waals surface area contributed by atoms with Gasteiger partial charge in [-0.25, -0.2) is 9.59 Å². The number of ether oxygens (including phenoxy) is 1. The summed E-state index contributed by atoms with van der Waals surface area (Å²) in [7, 11) is 0. The van der Waals surface area contributed by atoms with Gasteiger partial charge in [0.15, 0.2) is 0 Å². The first-order chi connectivity index (χ1) is 8.54. The molecular weight excluding hydrogens is 240 g/mol. The van der Waals surface area contributed by atoms with Crippen molar-refractivity contribution in [2.24, 2.45) is 0 Å². The third kappa shape index (κ3) is 24.0. The summed E-state index contributed by atoms with van der Waals surface area (Å²) in [4.78, 5) is 19.1. The molecule has 0 aromatic carbocycles. The molecule has 0 fully saturated rings. The highest BCUT2D eigenvalue weighted by Crippen LogP contribution is 1.98. The lowest BCUT2D eigenvalue weighted by Crippen LogP contribution is -2.00. The molecule has 6 nitrogen and oxygen atoms in total. The van der Waals surface area contributed by atoms with Crippen molar-refractivity contribution in [3.8, 4) is 0 Å². The summed E-state index contributed by atoms with van der Waals surface area (Å²) in [5.41, 5.74) is 0. The fourth-order valence-corrected chi connectivity index (χ4v) is 0.940. The van der Waals surface area contributed by atoms with E-state index in [1.807, 2.05) is 0 Å². The van der Waals surface area contributed by atoms with Gasteiger partial charge in [-0.15, -0.1) is 0 Å². The maximum atomic E-state index is 9.55. The molecule has 3 N–H and O–H groups in total. The minimum Gasteiger partial charge on any atom is -0.478 e. The fraction of sp³-hybridized carbons (Fsp3) is 0.667. The lowest BCUT2D eigenvalue weighted by Gasteiger charge is -2.00. The molecular formula is C12H22O6. The number of aliphatic hydroxyl groups is 1. The van der Waals surface area contributed by atoms with Crippen LogP contribution < -0.4 is 0 Å². The van der Waals surface area contributed by atoms with E-state index in [0.717, 1.165) is 13.0 Å². The number of hydrogen-bond acceptors (Lipinski definition) is 4. The van der Waals surface area contributed by atoms with Crippen LogP contribution in [0.2, 0.25) is 0 Å². The van der Waals surface area contributed by atoms with Crippen molar-refractivity contribution in [1.82, 2.24) is 0 Å². The molecule has 0 bridgehead atoms. The Morgan fingerprint density at radius 2 is 1.56 bits per heavy atom. The zero-order chi connectivity index (χ0) is 14.2. The topological polar surface area (TPSA) is 104 Å². The Morgan fingerprint density at radius 3 is 1.94 bits per heavy atom. The molecule has 0 aliphatic rings. The van der Waals surface area contributed by atoms with Crippen molar-refractivity contribution in [2.45, 2.75) is 32.6 Å². The van der Waals surface area contributed by atoms with Crippen molar-refractivity contribution in [3.63, 3.8) is 0 Å². The molecule has 0 aliphatic heterocycles. The van der Waals surface area contributed by atoms with Crippen LogP contribution >= 0.6 is 0 Å². The minimum absolute atomic E-state index is 0.147. The quantitative estimate of drug-likeness (QED) is 0.427. The molecule has 0 rings (SSSR count). The van der Waals surface area contributed by atoms with E-state index in [0.29, 0.717) is 18.8 Å². The molecule has 0 unspecified atom stereocenters. The molecule has 0 aliphatic carbocycles. The van der Waals surface area contributed by atoms with Gasteiger partial charge in [0.2, 0.25) is 0 Å². The summed E-state index contributed by atoms with van der Waals surface area (Å²) in [6.45, 7) is 3.63. The smallest absolute Gasteiger partial charge is 0.328 e. The first-order valence-electron chi connectivity index (χ1n) is 5.87. The summed E-state index contributed by atoms with van der Waals surface area (Å²) in [5.74, 6) is -2.51. The van der Waals surface area contributed by atoms with Crippen LogP contribution in [0.1, 0.15) is 32.6 Å². The predicted octanol–water partition coefficient (Wildman–Crippen LogP) is 1.29. The average Bonchev–Trinajstić information content (AvgIpc) is 2.32. The van der Waals surface area contributed by atoms with E-state index in [1.165, 1.54) is 19.3 Å². The van der Waals surface area contributed by atoms with Gasteiger partial charge in [0, 0.05) is 18.8 Å². The number of rotatable bonds is 9. The van der Waals surface area contributed by atoms with Crippen LogP contribution in [0.25, 0.3) is 0 Å². The van der Waals surface area contributed by atoms with E-state index in [4.69, 9.17) is 20.1 Å². The molecule has 0 heterocycles. The van der Waals surface area contributed by atoms with Gasteiger partial charge in [-0.3, -0.25) is 0 Å². The third-order valence-corrected chi connectivity index (χ3v) is 1.75. The standard InChI is InChI=1S/C8H18O2.C4H4O4/c1-2-3-4-5-7-10-8-6-9;5-3(6)1-2-4(7)8/h9H,2-8H2,1H3;1-2H,(H,5,6)(H,7,8)/b;2-1+. The van der Waals surface area contributed by atoms with E-state index in [2.05, 4.69) is 6.92 Å². The second-order valence-corrected chi connectivity index (χ2v) is 3.41. The Balaban J connectivity index is 0. The molecule has 0 radical (unpaired) electrons. The number of aliphatic hydroxyl groups excluding tert-OH is 1. The Morgan fingerprint density at radius 1 is 1.00 bits per heavy atom. The van der Waals surface area contributed by atoms with E-state index in [1.54, 1.807) is 0 Å². The molecule has 18 heavy (non-hydrogen) atoms. The van der Waals surface area contributed by atoms with Gasteiger partial charge < -0.3 is 20.1 Å². The summed E-state index contributed by atoms with van der Waals surface area (Å²) >= 11 is 0. The van der Waals surface area contributed by atoms with E-state index in [-0.39, 0.29) is 6.61 Å². The first-order valence-corrected chi connectivity index (χ1v) is 5.87. The first kappa shape index (κ1) is 19.0.